The van der Waals surface area contributed by atoms with Crippen LogP contribution in [-0.4, -0.2) is 175 Å². The molecule has 3 spiro atoms. The van der Waals surface area contributed by atoms with Crippen molar-refractivity contribution in [1.29, 1.82) is 0 Å². The van der Waals surface area contributed by atoms with Gasteiger partial charge in [0, 0.05) is 63.7 Å². The number of hydrogen-bond donors (Lipinski definition) is 1. The van der Waals surface area contributed by atoms with Crippen molar-refractivity contribution in [2.45, 2.75) is 320 Å². The van der Waals surface area contributed by atoms with Crippen LogP contribution in [0.2, 0.25) is 0 Å². The van der Waals surface area contributed by atoms with Gasteiger partial charge in [0.1, 0.15) is 36.6 Å². The van der Waals surface area contributed by atoms with E-state index in [1.165, 1.54) is 0 Å². The van der Waals surface area contributed by atoms with Crippen molar-refractivity contribution >= 4 is 5.97 Å². The summed E-state index contributed by atoms with van der Waals surface area (Å²) >= 11 is 0. The van der Waals surface area contributed by atoms with Crippen molar-refractivity contribution in [3.8, 4) is 0 Å². The van der Waals surface area contributed by atoms with Gasteiger partial charge in [0.15, 0.2) is 17.4 Å². The summed E-state index contributed by atoms with van der Waals surface area (Å²) < 4.78 is 104. The average molecular weight is 1080 g/mol. The molecule has 12 bridgehead atoms. The smallest absolute Gasteiger partial charge is 0.308 e. The third-order valence-electron chi connectivity index (χ3n) is 21.8. The first-order valence-electron chi connectivity index (χ1n) is 30.6. The van der Waals surface area contributed by atoms with Crippen LogP contribution in [0, 0.1) is 23.7 Å². The van der Waals surface area contributed by atoms with Gasteiger partial charge in [-0.1, -0.05) is 54.2 Å². The molecular weight excluding hydrogens is 993 g/mol. The van der Waals surface area contributed by atoms with Gasteiger partial charge in [-0.15, -0.1) is 0 Å². The van der Waals surface area contributed by atoms with Crippen LogP contribution >= 0.6 is 0 Å². The van der Waals surface area contributed by atoms with Crippen LogP contribution in [0.5, 0.6) is 0 Å². The van der Waals surface area contributed by atoms with E-state index in [0.29, 0.717) is 57.8 Å². The Balaban J connectivity index is 0.664. The van der Waals surface area contributed by atoms with Gasteiger partial charge in [-0.05, 0) is 80.3 Å². The SMILES string of the molecule is C=C1CC2CCC34CC5OC6C(OC7CCC(CC(=O)OC8C(CC9OC(CCC1O2)CC(C)C9=C)OC1CC2OC9(CC2OC1C8C)CC1OC2(CC(C)C8OC(CCC)C(O)CC8O2)CC(C)C1O9)OC7C6O3)C5O4. The van der Waals surface area contributed by atoms with Crippen LogP contribution in [0.3, 0.4) is 0 Å². The molecule has 0 radical (unpaired) electrons. The zero-order chi connectivity index (χ0) is 52.4. The maximum Gasteiger partial charge on any atom is 0.308 e. The lowest BCUT2D eigenvalue weighted by molar-refractivity contribution is -0.371. The average Bonchev–Trinajstić information content (AvgIpc) is 4.35. The Labute approximate surface area is 453 Å². The van der Waals surface area contributed by atoms with Crippen molar-refractivity contribution in [1.82, 2.24) is 0 Å². The zero-order valence-corrected chi connectivity index (χ0v) is 46.0. The van der Waals surface area contributed by atoms with Crippen LogP contribution < -0.4 is 0 Å². The molecule has 17 heteroatoms. The highest BCUT2D eigenvalue weighted by molar-refractivity contribution is 5.70. The molecule has 0 aromatic heterocycles. The Hall–Kier alpha value is -1.65. The summed E-state index contributed by atoms with van der Waals surface area (Å²) in [5.74, 6) is -2.44. The van der Waals surface area contributed by atoms with E-state index in [9.17, 15) is 9.90 Å². The molecule has 16 heterocycles. The molecule has 16 saturated heterocycles. The molecule has 0 amide bonds. The molecule has 16 aliphatic heterocycles. The van der Waals surface area contributed by atoms with Crippen LogP contribution in [0.25, 0.3) is 0 Å². The van der Waals surface area contributed by atoms with Crippen molar-refractivity contribution < 1.29 is 81.0 Å². The van der Waals surface area contributed by atoms with Gasteiger partial charge in [0.05, 0.1) is 116 Å². The predicted molar refractivity (Wildman–Crippen MR) is 271 cm³/mol. The molecule has 77 heavy (non-hydrogen) atoms. The molecular formula is C60H86O17. The quantitative estimate of drug-likeness (QED) is 0.221. The molecule has 31 unspecified atom stereocenters. The van der Waals surface area contributed by atoms with E-state index in [-0.39, 0.29) is 152 Å². The van der Waals surface area contributed by atoms with Crippen LogP contribution in [0.4, 0.5) is 0 Å². The fraction of sp³-hybridized carbons (Fsp3) is 0.917. The molecule has 0 aromatic carbocycles. The van der Waals surface area contributed by atoms with Crippen molar-refractivity contribution in [2.75, 3.05) is 0 Å². The lowest BCUT2D eigenvalue weighted by Gasteiger charge is -2.54. The fourth-order valence-corrected chi connectivity index (χ4v) is 18.2. The molecule has 0 aromatic rings. The monoisotopic (exact) mass is 1080 g/mol. The standard InChI is InChI=1S/C60H86O17/c1-8-9-38-36(61)19-44-49(67-38)29(4)22-59(73-44)23-30(5)50-47(74-59)26-60(75-50)24-45-41(72-60)21-43-51(69-45)32(7)52-42(66-43)20-40-31(6)27(2)16-33(64-40)10-12-37-28(3)17-35(63-37)14-15-58-25-46-54(76-58)55-56(70-46)57(77-58)53-39(68-55)13-11-34(65-53)18-48(62)71-52/h27,29-30,32-47,49-57,61H,3,6,8-26H2,1-2,4-5,7H3. The summed E-state index contributed by atoms with van der Waals surface area (Å²) in [6, 6.07) is 0. The van der Waals surface area contributed by atoms with E-state index < -0.39 is 47.9 Å². The van der Waals surface area contributed by atoms with Gasteiger partial charge >= 0.3 is 5.97 Å². The molecule has 1 N–H and O–H groups in total. The number of ether oxygens (including phenoxy) is 15. The van der Waals surface area contributed by atoms with E-state index in [2.05, 4.69) is 47.8 Å². The molecule has 31 atom stereocenters. The van der Waals surface area contributed by atoms with Crippen molar-refractivity contribution in [3.05, 3.63) is 24.3 Å². The minimum atomic E-state index is -0.884. The number of carbonyl (C=O) groups excluding carboxylic acids is 1. The van der Waals surface area contributed by atoms with Gasteiger partial charge in [0.25, 0.3) is 0 Å². The number of hydrogen-bond acceptors (Lipinski definition) is 17. The Kier molecular flexibility index (Phi) is 13.2. The normalized spacial score (nSPS) is 58.6. The van der Waals surface area contributed by atoms with E-state index in [0.717, 1.165) is 68.9 Å². The molecule has 428 valence electrons. The highest BCUT2D eigenvalue weighted by Gasteiger charge is 2.70. The first-order valence-corrected chi connectivity index (χ1v) is 30.6. The maximum atomic E-state index is 14.6. The fourth-order valence-electron chi connectivity index (χ4n) is 18.2. The number of carbonyl (C=O) groups is 1. The lowest BCUT2D eigenvalue weighted by Crippen LogP contribution is -2.62. The number of aliphatic hydroxyl groups excluding tert-OH is 1. The summed E-state index contributed by atoms with van der Waals surface area (Å²) in [5.41, 5.74) is 2.18. The Morgan fingerprint density at radius 1 is 0.494 bits per heavy atom. The van der Waals surface area contributed by atoms with E-state index in [4.69, 9.17) is 71.1 Å². The Morgan fingerprint density at radius 3 is 2.03 bits per heavy atom. The second kappa shape index (κ2) is 19.5. The minimum absolute atomic E-state index is 0.00466. The molecule has 16 fully saturated rings. The summed E-state index contributed by atoms with van der Waals surface area (Å²) in [6.45, 7) is 20.1. The molecule has 17 nitrogen and oxygen atoms in total. The second-order valence-electron chi connectivity index (χ2n) is 27.3. The zero-order valence-electron chi connectivity index (χ0n) is 46.0. The third kappa shape index (κ3) is 8.97. The topological polar surface area (TPSA) is 176 Å². The number of rotatable bonds is 2. The number of aliphatic hydroxyl groups is 1. The van der Waals surface area contributed by atoms with Crippen molar-refractivity contribution in [3.63, 3.8) is 0 Å². The Morgan fingerprint density at radius 2 is 1.17 bits per heavy atom. The maximum absolute atomic E-state index is 14.6. The molecule has 16 aliphatic rings. The predicted octanol–water partition coefficient (Wildman–Crippen LogP) is 6.98. The highest BCUT2D eigenvalue weighted by atomic mass is 16.8. The number of fused-ring (bicyclic) bond motifs is 10. The summed E-state index contributed by atoms with van der Waals surface area (Å²) in [7, 11) is 0. The van der Waals surface area contributed by atoms with Crippen molar-refractivity contribution in [2.24, 2.45) is 23.7 Å². The first kappa shape index (κ1) is 52.2. The highest BCUT2D eigenvalue weighted by Crippen LogP contribution is 2.58. The van der Waals surface area contributed by atoms with E-state index in [1.54, 1.807) is 0 Å². The van der Waals surface area contributed by atoms with Crippen LogP contribution in [-0.2, 0) is 75.8 Å². The van der Waals surface area contributed by atoms with E-state index >= 15 is 0 Å². The molecule has 16 rings (SSSR count). The van der Waals surface area contributed by atoms with Gasteiger partial charge in [-0.2, -0.15) is 0 Å². The summed E-state index contributed by atoms with van der Waals surface area (Å²) in [6.07, 6.45) is 6.71. The molecule has 0 aliphatic carbocycles. The number of esters is 1. The third-order valence-corrected chi connectivity index (χ3v) is 21.8. The lowest BCUT2D eigenvalue weighted by atomic mass is 9.78. The van der Waals surface area contributed by atoms with Crippen LogP contribution in [0.15, 0.2) is 24.3 Å². The van der Waals surface area contributed by atoms with E-state index in [1.807, 2.05) is 0 Å². The largest absolute Gasteiger partial charge is 0.459 e. The minimum Gasteiger partial charge on any atom is -0.459 e. The second-order valence-corrected chi connectivity index (χ2v) is 27.3. The first-order chi connectivity index (χ1) is 37.1. The van der Waals surface area contributed by atoms with Gasteiger partial charge in [-0.3, -0.25) is 4.79 Å². The summed E-state index contributed by atoms with van der Waals surface area (Å²) in [4.78, 5) is 14.6. The van der Waals surface area contributed by atoms with Gasteiger partial charge in [0.2, 0.25) is 0 Å². The summed E-state index contributed by atoms with van der Waals surface area (Å²) in [5, 5.41) is 11.1. The van der Waals surface area contributed by atoms with Crippen LogP contribution in [0.1, 0.15) is 157 Å². The van der Waals surface area contributed by atoms with Gasteiger partial charge in [-0.25, -0.2) is 0 Å². The Bertz CT molecular complexity index is 2280. The van der Waals surface area contributed by atoms with Gasteiger partial charge < -0.3 is 76.2 Å². The molecule has 0 saturated carbocycles.